The minimum Gasteiger partial charge on any atom is -0.330 e. The summed E-state index contributed by atoms with van der Waals surface area (Å²) in [5.74, 6) is 0.477. The van der Waals surface area contributed by atoms with Crippen molar-refractivity contribution >= 4 is 11.8 Å². The number of rotatable bonds is 2. The van der Waals surface area contributed by atoms with E-state index in [9.17, 15) is 9.59 Å². The van der Waals surface area contributed by atoms with E-state index in [2.05, 4.69) is 0 Å². The first-order chi connectivity index (χ1) is 9.65. The molecular weight excluding hydrogens is 252 g/mol. The second-order valence-electron chi connectivity index (χ2n) is 7.07. The van der Waals surface area contributed by atoms with Gasteiger partial charge < -0.3 is 5.73 Å². The van der Waals surface area contributed by atoms with Gasteiger partial charge in [-0.2, -0.15) is 0 Å². The Labute approximate surface area is 121 Å². The van der Waals surface area contributed by atoms with Crippen LogP contribution >= 0.6 is 0 Å². The van der Waals surface area contributed by atoms with Crippen LogP contribution in [-0.2, 0) is 9.59 Å². The standard InChI is InChI=1S/C16H26N2O2/c17-11-12-5-4-6-13(12)18-14(19)9-16(10-15(18)20)7-2-1-3-8-16/h12-13H,1-11,17H2. The number of hydrogen-bond acceptors (Lipinski definition) is 3. The zero-order valence-corrected chi connectivity index (χ0v) is 12.3. The van der Waals surface area contributed by atoms with Gasteiger partial charge in [-0.15, -0.1) is 0 Å². The monoisotopic (exact) mass is 278 g/mol. The second-order valence-corrected chi connectivity index (χ2v) is 7.07. The van der Waals surface area contributed by atoms with Gasteiger partial charge in [0.25, 0.3) is 0 Å². The minimum atomic E-state index is -0.000266. The van der Waals surface area contributed by atoms with Crippen LogP contribution in [0.2, 0.25) is 0 Å². The summed E-state index contributed by atoms with van der Waals surface area (Å²) in [5.41, 5.74) is 5.81. The van der Waals surface area contributed by atoms with Gasteiger partial charge >= 0.3 is 0 Å². The van der Waals surface area contributed by atoms with Crippen molar-refractivity contribution < 1.29 is 9.59 Å². The summed E-state index contributed by atoms with van der Waals surface area (Å²) in [6.07, 6.45) is 10.0. The number of hydrogen-bond donors (Lipinski definition) is 1. The van der Waals surface area contributed by atoms with Crippen molar-refractivity contribution in [1.82, 2.24) is 4.90 Å². The number of carbonyl (C=O) groups excluding carboxylic acids is 2. The summed E-state index contributed by atoms with van der Waals surface area (Å²) >= 11 is 0. The molecule has 2 unspecified atom stereocenters. The van der Waals surface area contributed by atoms with Crippen LogP contribution in [0.4, 0.5) is 0 Å². The predicted molar refractivity (Wildman–Crippen MR) is 76.8 cm³/mol. The molecule has 1 heterocycles. The third-order valence-corrected chi connectivity index (χ3v) is 5.76. The molecule has 112 valence electrons. The third kappa shape index (κ3) is 2.39. The Kier molecular flexibility index (Phi) is 3.85. The average Bonchev–Trinajstić information content (AvgIpc) is 2.86. The summed E-state index contributed by atoms with van der Waals surface area (Å²) in [7, 11) is 0. The highest BCUT2D eigenvalue weighted by atomic mass is 16.2. The molecule has 1 saturated heterocycles. The molecule has 2 amide bonds. The number of amides is 2. The lowest BCUT2D eigenvalue weighted by Crippen LogP contribution is -2.54. The molecule has 0 bridgehead atoms. The highest BCUT2D eigenvalue weighted by molar-refractivity contribution is 5.99. The maximum absolute atomic E-state index is 12.6. The van der Waals surface area contributed by atoms with Gasteiger partial charge in [0.05, 0.1) is 0 Å². The molecule has 0 aromatic carbocycles. The molecule has 2 atom stereocenters. The second kappa shape index (κ2) is 5.47. The molecule has 2 N–H and O–H groups in total. The molecule has 4 nitrogen and oxygen atoms in total. The van der Waals surface area contributed by atoms with Crippen molar-refractivity contribution in [2.24, 2.45) is 17.1 Å². The largest absolute Gasteiger partial charge is 0.330 e. The lowest BCUT2D eigenvalue weighted by molar-refractivity contribution is -0.158. The summed E-state index contributed by atoms with van der Waals surface area (Å²) in [4.78, 5) is 26.8. The Morgan fingerprint density at radius 3 is 2.25 bits per heavy atom. The van der Waals surface area contributed by atoms with Crippen LogP contribution in [-0.4, -0.2) is 29.3 Å². The third-order valence-electron chi connectivity index (χ3n) is 5.76. The molecule has 2 saturated carbocycles. The zero-order chi connectivity index (χ0) is 14.2. The van der Waals surface area contributed by atoms with Crippen LogP contribution < -0.4 is 5.73 Å². The first-order valence-corrected chi connectivity index (χ1v) is 8.20. The first kappa shape index (κ1) is 14.1. The van der Waals surface area contributed by atoms with Crippen molar-refractivity contribution in [3.05, 3.63) is 0 Å². The van der Waals surface area contributed by atoms with Crippen molar-refractivity contribution in [3.63, 3.8) is 0 Å². The summed E-state index contributed by atoms with van der Waals surface area (Å²) in [6.45, 7) is 0.590. The Morgan fingerprint density at radius 2 is 1.65 bits per heavy atom. The number of nitrogens with two attached hydrogens (primary N) is 1. The van der Waals surface area contributed by atoms with Crippen molar-refractivity contribution in [3.8, 4) is 0 Å². The molecule has 4 heteroatoms. The van der Waals surface area contributed by atoms with Crippen LogP contribution in [0.15, 0.2) is 0 Å². The lowest BCUT2D eigenvalue weighted by atomic mass is 9.67. The highest BCUT2D eigenvalue weighted by Crippen LogP contribution is 2.46. The Bertz CT molecular complexity index is 381. The quantitative estimate of drug-likeness (QED) is 0.788. The van der Waals surface area contributed by atoms with Gasteiger partial charge in [-0.25, -0.2) is 0 Å². The molecular formula is C16H26N2O2. The van der Waals surface area contributed by atoms with Gasteiger partial charge in [0.2, 0.25) is 11.8 Å². The van der Waals surface area contributed by atoms with Gasteiger partial charge in [-0.05, 0) is 43.6 Å². The lowest BCUT2D eigenvalue weighted by Gasteiger charge is -2.44. The summed E-state index contributed by atoms with van der Waals surface area (Å²) < 4.78 is 0. The molecule has 3 aliphatic rings. The highest BCUT2D eigenvalue weighted by Gasteiger charge is 2.47. The van der Waals surface area contributed by atoms with E-state index in [0.717, 1.165) is 32.1 Å². The van der Waals surface area contributed by atoms with Crippen LogP contribution in [0, 0.1) is 11.3 Å². The molecule has 3 fully saturated rings. The molecule has 1 aliphatic heterocycles. The van der Waals surface area contributed by atoms with E-state index in [1.807, 2.05) is 0 Å². The Hall–Kier alpha value is -0.900. The maximum atomic E-state index is 12.6. The van der Waals surface area contributed by atoms with Crippen molar-refractivity contribution in [2.45, 2.75) is 70.3 Å². The van der Waals surface area contributed by atoms with Crippen molar-refractivity contribution in [1.29, 1.82) is 0 Å². The van der Waals surface area contributed by atoms with Gasteiger partial charge in [-0.1, -0.05) is 25.7 Å². The van der Waals surface area contributed by atoms with E-state index in [1.54, 1.807) is 4.90 Å². The van der Waals surface area contributed by atoms with Crippen molar-refractivity contribution in [2.75, 3.05) is 6.54 Å². The number of likely N-dealkylation sites (tertiary alicyclic amines) is 1. The van der Waals surface area contributed by atoms with Crippen LogP contribution in [0.1, 0.15) is 64.2 Å². The Morgan fingerprint density at radius 1 is 1.00 bits per heavy atom. The van der Waals surface area contributed by atoms with Crippen LogP contribution in [0.5, 0.6) is 0 Å². The molecule has 2 aliphatic carbocycles. The number of carbonyl (C=O) groups is 2. The van der Waals surface area contributed by atoms with Crippen LogP contribution in [0.3, 0.4) is 0 Å². The fourth-order valence-electron chi connectivity index (χ4n) is 4.67. The summed E-state index contributed by atoms with van der Waals surface area (Å²) in [5, 5.41) is 0. The smallest absolute Gasteiger partial charge is 0.230 e. The van der Waals surface area contributed by atoms with E-state index in [1.165, 1.54) is 19.3 Å². The van der Waals surface area contributed by atoms with Gasteiger partial charge in [0, 0.05) is 18.9 Å². The number of piperidine rings is 1. The Balaban J connectivity index is 1.75. The fraction of sp³-hybridized carbons (Fsp3) is 0.875. The van der Waals surface area contributed by atoms with Gasteiger partial charge in [0.1, 0.15) is 0 Å². The molecule has 20 heavy (non-hydrogen) atoms. The van der Waals surface area contributed by atoms with E-state index in [-0.39, 0.29) is 23.3 Å². The number of nitrogens with zero attached hydrogens (tertiary/aromatic N) is 1. The fourth-order valence-corrected chi connectivity index (χ4v) is 4.67. The molecule has 0 radical (unpaired) electrons. The van der Waals surface area contributed by atoms with E-state index < -0.39 is 0 Å². The van der Waals surface area contributed by atoms with E-state index in [4.69, 9.17) is 5.73 Å². The summed E-state index contributed by atoms with van der Waals surface area (Å²) in [6, 6.07) is 0.0842. The van der Waals surface area contributed by atoms with Gasteiger partial charge in [-0.3, -0.25) is 14.5 Å². The average molecular weight is 278 g/mol. The normalized spacial score (nSPS) is 34.0. The molecule has 0 aromatic rings. The van der Waals surface area contributed by atoms with Crippen LogP contribution in [0.25, 0.3) is 0 Å². The zero-order valence-electron chi connectivity index (χ0n) is 12.3. The molecule has 1 spiro atoms. The molecule has 3 rings (SSSR count). The number of imide groups is 1. The first-order valence-electron chi connectivity index (χ1n) is 8.20. The maximum Gasteiger partial charge on any atom is 0.230 e. The molecule has 0 aromatic heterocycles. The van der Waals surface area contributed by atoms with E-state index in [0.29, 0.717) is 25.3 Å². The topological polar surface area (TPSA) is 63.4 Å². The predicted octanol–water partition coefficient (Wildman–Crippen LogP) is 2.21. The van der Waals surface area contributed by atoms with Gasteiger partial charge in [0.15, 0.2) is 0 Å². The van der Waals surface area contributed by atoms with E-state index >= 15 is 0 Å². The SMILES string of the molecule is NCC1CCCC1N1C(=O)CC2(CCCCC2)CC1=O. The minimum absolute atomic E-state index is 0.000266.